The van der Waals surface area contributed by atoms with Crippen molar-refractivity contribution in [1.82, 2.24) is 19.1 Å². The lowest BCUT2D eigenvalue weighted by atomic mass is 9.83. The molecule has 1 saturated heterocycles. The highest BCUT2D eigenvalue weighted by atomic mass is 35.5. The van der Waals surface area contributed by atoms with Crippen molar-refractivity contribution in [2.75, 3.05) is 13.2 Å². The molecule has 0 radical (unpaired) electrons. The molecule has 1 fully saturated rings. The highest BCUT2D eigenvalue weighted by Crippen LogP contribution is 2.32. The lowest BCUT2D eigenvalue weighted by molar-refractivity contribution is -0.125. The Morgan fingerprint density at radius 2 is 1.82 bits per heavy atom. The molecule has 0 spiro atoms. The number of hydrogen-bond acceptors (Lipinski definition) is 6. The Morgan fingerprint density at radius 3 is 2.45 bits per heavy atom. The number of aromatic amines is 1. The molecule has 1 aliphatic heterocycles. The van der Waals surface area contributed by atoms with E-state index in [4.69, 9.17) is 21.1 Å². The molecule has 1 aliphatic rings. The van der Waals surface area contributed by atoms with Crippen LogP contribution in [0.5, 0.6) is 11.6 Å². The molecule has 38 heavy (non-hydrogen) atoms. The molecule has 0 bridgehead atoms. The minimum absolute atomic E-state index is 0.0991. The van der Waals surface area contributed by atoms with Gasteiger partial charge in [0.05, 0.1) is 25.4 Å². The van der Waals surface area contributed by atoms with Gasteiger partial charge in [0.2, 0.25) is 17.4 Å². The summed E-state index contributed by atoms with van der Waals surface area (Å²) in [4.78, 5) is 37.6. The van der Waals surface area contributed by atoms with Gasteiger partial charge in [-0.3, -0.25) is 9.55 Å². The third-order valence-corrected chi connectivity index (χ3v) is 6.73. The predicted molar refractivity (Wildman–Crippen MR) is 139 cm³/mol. The Balaban J connectivity index is 1.52. The van der Waals surface area contributed by atoms with Gasteiger partial charge in [0.25, 0.3) is 0 Å². The van der Waals surface area contributed by atoms with Crippen LogP contribution in [0.3, 0.4) is 0 Å². The Hall–Kier alpha value is -4.02. The first-order chi connectivity index (χ1) is 18.3. The third-order valence-electron chi connectivity index (χ3n) is 6.48. The molecule has 11 heteroatoms. The van der Waals surface area contributed by atoms with Gasteiger partial charge in [0.15, 0.2) is 0 Å². The number of H-pyrrole nitrogens is 1. The van der Waals surface area contributed by atoms with Gasteiger partial charge >= 0.3 is 11.4 Å². The van der Waals surface area contributed by atoms with Gasteiger partial charge in [-0.2, -0.15) is 9.37 Å². The molecule has 0 unspecified atom stereocenters. The van der Waals surface area contributed by atoms with Crippen molar-refractivity contribution < 1.29 is 13.9 Å². The number of pyridine rings is 1. The van der Waals surface area contributed by atoms with Crippen molar-refractivity contribution in [3.05, 3.63) is 110 Å². The quantitative estimate of drug-likeness (QED) is 0.342. The number of nitrogens with zero attached hydrogens (tertiary/aromatic N) is 4. The van der Waals surface area contributed by atoms with E-state index < -0.39 is 17.3 Å². The van der Waals surface area contributed by atoms with E-state index in [1.165, 1.54) is 21.3 Å². The number of aromatic nitrogens is 4. The van der Waals surface area contributed by atoms with Crippen LogP contribution in [-0.2, 0) is 17.8 Å². The molecular formula is C27H25ClFN5O4. The first-order valence-corrected chi connectivity index (χ1v) is 12.4. The first-order valence-electron chi connectivity index (χ1n) is 12.1. The monoisotopic (exact) mass is 537 g/mol. The maximum absolute atomic E-state index is 13.6. The molecule has 196 valence electrons. The Bertz CT molecular complexity index is 1620. The zero-order valence-corrected chi connectivity index (χ0v) is 21.3. The van der Waals surface area contributed by atoms with E-state index in [-0.39, 0.29) is 30.0 Å². The fourth-order valence-corrected chi connectivity index (χ4v) is 4.23. The van der Waals surface area contributed by atoms with Gasteiger partial charge in [0, 0.05) is 23.0 Å². The van der Waals surface area contributed by atoms with Gasteiger partial charge in [-0.25, -0.2) is 19.1 Å². The minimum atomic E-state index is -0.646. The number of rotatable bonds is 8. The molecule has 9 nitrogen and oxygen atoms in total. The second kappa shape index (κ2) is 10.8. The zero-order valence-electron chi connectivity index (χ0n) is 20.6. The van der Waals surface area contributed by atoms with Crippen molar-refractivity contribution in [2.45, 2.75) is 26.4 Å². The van der Waals surface area contributed by atoms with Crippen LogP contribution in [0.1, 0.15) is 18.9 Å². The second-order valence-electron chi connectivity index (χ2n) is 9.19. The van der Waals surface area contributed by atoms with Crippen LogP contribution in [0.2, 0.25) is 5.02 Å². The molecule has 3 heterocycles. The smallest absolute Gasteiger partial charge is 0.335 e. The third kappa shape index (κ3) is 5.61. The number of halogens is 2. The summed E-state index contributed by atoms with van der Waals surface area (Å²) in [6.07, 6.45) is 0.780. The average molecular weight is 538 g/mol. The van der Waals surface area contributed by atoms with Gasteiger partial charge in [0.1, 0.15) is 5.75 Å². The minimum Gasteiger partial charge on any atom is -0.439 e. The topological polar surface area (TPSA) is 103 Å². The van der Waals surface area contributed by atoms with E-state index in [1.807, 2.05) is 19.1 Å². The average Bonchev–Trinajstić information content (AvgIpc) is 2.88. The van der Waals surface area contributed by atoms with Gasteiger partial charge in [-0.1, -0.05) is 36.7 Å². The van der Waals surface area contributed by atoms with Crippen molar-refractivity contribution in [2.24, 2.45) is 10.4 Å². The molecule has 1 N–H and O–H groups in total. The van der Waals surface area contributed by atoms with Crippen LogP contribution in [0.4, 0.5) is 10.1 Å². The van der Waals surface area contributed by atoms with E-state index in [0.717, 1.165) is 12.0 Å². The largest absolute Gasteiger partial charge is 0.439 e. The SMILES string of the molecule is CCC1(Cn2c(=O)[nH]/c(=N\c3ccc(Oc4cccc(F)n4)cc3)n(Cc3ccc(Cl)cc3)c2=O)COC1. The number of hydrogen-bond donors (Lipinski definition) is 1. The summed E-state index contributed by atoms with van der Waals surface area (Å²) in [6, 6.07) is 18.0. The van der Waals surface area contributed by atoms with Crippen molar-refractivity contribution in [3.63, 3.8) is 0 Å². The van der Waals surface area contributed by atoms with E-state index in [9.17, 15) is 14.0 Å². The van der Waals surface area contributed by atoms with Crippen LogP contribution < -0.4 is 21.7 Å². The highest BCUT2D eigenvalue weighted by Gasteiger charge is 2.38. The summed E-state index contributed by atoms with van der Waals surface area (Å²) < 4.78 is 26.9. The summed E-state index contributed by atoms with van der Waals surface area (Å²) in [5, 5.41) is 0.577. The fraction of sp³-hybridized carbons (Fsp3) is 0.259. The Kier molecular flexibility index (Phi) is 7.26. The lowest BCUT2D eigenvalue weighted by Crippen LogP contribution is -2.55. The summed E-state index contributed by atoms with van der Waals surface area (Å²) >= 11 is 6.03. The highest BCUT2D eigenvalue weighted by molar-refractivity contribution is 6.30. The first kappa shape index (κ1) is 25.6. The van der Waals surface area contributed by atoms with Crippen LogP contribution >= 0.6 is 11.6 Å². The summed E-state index contributed by atoms with van der Waals surface area (Å²) in [5.74, 6) is -0.106. The number of nitrogens with one attached hydrogen (secondary N) is 1. The Labute approximate surface area is 221 Å². The molecule has 0 amide bonds. The van der Waals surface area contributed by atoms with Gasteiger partial charge < -0.3 is 9.47 Å². The van der Waals surface area contributed by atoms with E-state index >= 15 is 0 Å². The van der Waals surface area contributed by atoms with Crippen LogP contribution in [0.25, 0.3) is 0 Å². The normalized spacial score (nSPS) is 14.8. The van der Waals surface area contributed by atoms with Crippen LogP contribution in [0.15, 0.2) is 81.3 Å². The van der Waals surface area contributed by atoms with Crippen LogP contribution in [-0.4, -0.2) is 32.3 Å². The zero-order chi connectivity index (χ0) is 26.7. The van der Waals surface area contributed by atoms with Gasteiger partial charge in [-0.15, -0.1) is 0 Å². The molecule has 2 aromatic heterocycles. The standard InChI is InChI=1S/C27H25ClFN5O4/c1-2-27(16-37-17-27)15-34-25(35)32-24(33(26(34)36)14-18-6-8-19(28)9-7-18)30-20-10-12-21(13-11-20)38-23-5-3-4-22(29)31-23/h3-13H,2,14-17H2,1H3,(H,30,32,35). The maximum atomic E-state index is 13.6. The number of ether oxygens (including phenoxy) is 2. The summed E-state index contributed by atoms with van der Waals surface area (Å²) in [5.41, 5.74) is 0.119. The van der Waals surface area contributed by atoms with Gasteiger partial charge in [-0.05, 0) is 54.4 Å². The molecule has 0 atom stereocenters. The lowest BCUT2D eigenvalue weighted by Gasteiger charge is -2.40. The maximum Gasteiger partial charge on any atom is 0.335 e. The van der Waals surface area contributed by atoms with Crippen LogP contribution in [0, 0.1) is 11.4 Å². The van der Waals surface area contributed by atoms with E-state index in [2.05, 4.69) is 15.0 Å². The predicted octanol–water partition coefficient (Wildman–Crippen LogP) is 4.03. The second-order valence-corrected chi connectivity index (χ2v) is 9.62. The Morgan fingerprint density at radius 1 is 1.08 bits per heavy atom. The molecule has 5 rings (SSSR count). The van der Waals surface area contributed by atoms with Crippen molar-refractivity contribution in [1.29, 1.82) is 0 Å². The molecule has 2 aromatic carbocycles. The summed E-state index contributed by atoms with van der Waals surface area (Å²) in [7, 11) is 0. The molecule has 0 saturated carbocycles. The van der Waals surface area contributed by atoms with E-state index in [1.54, 1.807) is 42.5 Å². The molecule has 4 aromatic rings. The fourth-order valence-electron chi connectivity index (χ4n) is 4.11. The molecular weight excluding hydrogens is 513 g/mol. The summed E-state index contributed by atoms with van der Waals surface area (Å²) in [6.45, 7) is 3.44. The molecule has 0 aliphatic carbocycles. The number of benzene rings is 2. The van der Waals surface area contributed by atoms with Crippen molar-refractivity contribution in [3.8, 4) is 11.6 Å². The van der Waals surface area contributed by atoms with E-state index in [0.29, 0.717) is 29.7 Å². The van der Waals surface area contributed by atoms with Crippen molar-refractivity contribution >= 4 is 17.3 Å².